The van der Waals surface area contributed by atoms with Crippen molar-refractivity contribution in [2.24, 2.45) is 0 Å². The smallest absolute Gasteiger partial charge is 0.243 e. The van der Waals surface area contributed by atoms with Gasteiger partial charge in [0.2, 0.25) is 15.9 Å². The topological polar surface area (TPSA) is 75.7 Å². The summed E-state index contributed by atoms with van der Waals surface area (Å²) in [7, 11) is -3.75. The number of halogens is 2. The van der Waals surface area contributed by atoms with E-state index in [1.54, 1.807) is 24.3 Å². The number of hydrogen-bond donors (Lipinski definition) is 1. The molecule has 0 aliphatic heterocycles. The van der Waals surface area contributed by atoms with E-state index in [0.29, 0.717) is 10.8 Å². The second-order valence-electron chi connectivity index (χ2n) is 5.78. The van der Waals surface area contributed by atoms with Crippen LogP contribution in [-0.4, -0.2) is 39.8 Å². The molecule has 6 nitrogen and oxygen atoms in total. The third-order valence-electron chi connectivity index (χ3n) is 3.67. The monoisotopic (exact) mass is 414 g/mol. The van der Waals surface area contributed by atoms with Crippen LogP contribution in [0.5, 0.6) is 5.75 Å². The lowest BCUT2D eigenvalue weighted by Gasteiger charge is -2.28. The number of nitrogens with one attached hydrogen (secondary N) is 1. The van der Waals surface area contributed by atoms with Crippen LogP contribution in [0.3, 0.4) is 0 Å². The summed E-state index contributed by atoms with van der Waals surface area (Å²) in [6.07, 6.45) is 0.987. The highest BCUT2D eigenvalue weighted by molar-refractivity contribution is 7.92. The Balaban J connectivity index is 1.98. The predicted molar refractivity (Wildman–Crippen MR) is 103 cm³/mol. The van der Waals surface area contributed by atoms with Gasteiger partial charge in [-0.05, 0) is 43.3 Å². The van der Waals surface area contributed by atoms with Gasteiger partial charge in [-0.2, -0.15) is 0 Å². The summed E-state index contributed by atoms with van der Waals surface area (Å²) >= 11 is 5.97. The van der Waals surface area contributed by atoms with Gasteiger partial charge in [-0.3, -0.25) is 9.10 Å². The van der Waals surface area contributed by atoms with Crippen molar-refractivity contribution in [3.05, 3.63) is 59.4 Å². The zero-order valence-electron chi connectivity index (χ0n) is 14.9. The number of sulfonamides is 1. The molecule has 1 amide bonds. The number of carbonyl (C=O) groups excluding carboxylic acids is 1. The van der Waals surface area contributed by atoms with Crippen LogP contribution in [-0.2, 0) is 14.8 Å². The van der Waals surface area contributed by atoms with Gasteiger partial charge in [0.05, 0.1) is 23.5 Å². The molecule has 2 aromatic rings. The Morgan fingerprint density at radius 3 is 2.44 bits per heavy atom. The van der Waals surface area contributed by atoms with Crippen LogP contribution in [0.2, 0.25) is 5.02 Å². The largest absolute Gasteiger partial charge is 0.490 e. The molecule has 0 spiro atoms. The highest BCUT2D eigenvalue weighted by Gasteiger charge is 2.28. The molecule has 146 valence electrons. The molecule has 2 aromatic carbocycles. The summed E-state index contributed by atoms with van der Waals surface area (Å²) in [5.41, 5.74) is 0.203. The molecule has 27 heavy (non-hydrogen) atoms. The van der Waals surface area contributed by atoms with Crippen molar-refractivity contribution in [3.63, 3.8) is 0 Å². The van der Waals surface area contributed by atoms with Crippen LogP contribution >= 0.6 is 11.6 Å². The highest BCUT2D eigenvalue weighted by Crippen LogP contribution is 2.23. The zero-order chi connectivity index (χ0) is 20.0. The third-order valence-corrected chi connectivity index (χ3v) is 5.22. The fraction of sp³-hybridized carbons (Fsp3) is 0.278. The normalized spacial score (nSPS) is 12.3. The van der Waals surface area contributed by atoms with Crippen molar-refractivity contribution >= 4 is 33.2 Å². The van der Waals surface area contributed by atoms with E-state index in [-0.39, 0.29) is 18.8 Å². The highest BCUT2D eigenvalue weighted by atomic mass is 35.5. The minimum absolute atomic E-state index is 0.162. The van der Waals surface area contributed by atoms with E-state index in [2.05, 4.69) is 5.32 Å². The minimum atomic E-state index is -3.75. The van der Waals surface area contributed by atoms with E-state index >= 15 is 0 Å². The van der Waals surface area contributed by atoms with Gasteiger partial charge in [0, 0.05) is 0 Å². The van der Waals surface area contributed by atoms with Gasteiger partial charge in [0.25, 0.3) is 0 Å². The zero-order valence-corrected chi connectivity index (χ0v) is 16.4. The second kappa shape index (κ2) is 9.05. The van der Waals surface area contributed by atoms with Crippen molar-refractivity contribution in [1.29, 1.82) is 0 Å². The molecule has 0 radical (unpaired) electrons. The summed E-state index contributed by atoms with van der Waals surface area (Å²) in [6, 6.07) is 10.8. The van der Waals surface area contributed by atoms with Gasteiger partial charge >= 0.3 is 0 Å². The fourth-order valence-corrected chi connectivity index (χ4v) is 3.81. The van der Waals surface area contributed by atoms with Gasteiger partial charge in [0.15, 0.2) is 0 Å². The molecule has 0 aliphatic carbocycles. The summed E-state index contributed by atoms with van der Waals surface area (Å²) in [5, 5.41) is 3.07. The van der Waals surface area contributed by atoms with Crippen molar-refractivity contribution in [1.82, 2.24) is 5.32 Å². The standard InChI is InChI=1S/C18H20ClFN2O4S/c1-13(22(27(2,24)25)15-9-7-14(20)8-10-15)18(23)21-11-12-26-17-6-4-3-5-16(17)19/h3-10,13H,11-12H2,1-2H3,(H,21,23)/t13-/m0/s1. The molecule has 9 heteroatoms. The predicted octanol–water partition coefficient (Wildman–Crippen LogP) is 2.83. The first-order valence-corrected chi connectivity index (χ1v) is 10.3. The van der Waals surface area contributed by atoms with Gasteiger partial charge in [-0.1, -0.05) is 23.7 Å². The Morgan fingerprint density at radius 2 is 1.85 bits per heavy atom. The SMILES string of the molecule is C[C@@H](C(=O)NCCOc1ccccc1Cl)N(c1ccc(F)cc1)S(C)(=O)=O. The lowest BCUT2D eigenvalue weighted by molar-refractivity contribution is -0.121. The number of amides is 1. The van der Waals surface area contributed by atoms with Crippen LogP contribution in [0.1, 0.15) is 6.92 Å². The number of para-hydroxylation sites is 1. The van der Waals surface area contributed by atoms with Crippen molar-refractivity contribution in [2.45, 2.75) is 13.0 Å². The summed E-state index contributed by atoms with van der Waals surface area (Å²) in [6.45, 7) is 1.78. The van der Waals surface area contributed by atoms with Crippen LogP contribution in [0.15, 0.2) is 48.5 Å². The number of benzene rings is 2. The molecule has 1 atom stereocenters. The fourth-order valence-electron chi connectivity index (χ4n) is 2.44. The molecule has 0 unspecified atom stereocenters. The molecule has 0 saturated heterocycles. The molecule has 2 rings (SSSR count). The molecule has 1 N–H and O–H groups in total. The number of nitrogens with zero attached hydrogens (tertiary/aromatic N) is 1. The molecule has 0 saturated carbocycles. The summed E-state index contributed by atoms with van der Waals surface area (Å²) < 4.78 is 43.8. The van der Waals surface area contributed by atoms with E-state index in [0.717, 1.165) is 22.7 Å². The number of anilines is 1. The van der Waals surface area contributed by atoms with E-state index in [4.69, 9.17) is 16.3 Å². The average Bonchev–Trinajstić information content (AvgIpc) is 2.60. The first kappa shape index (κ1) is 21.0. The first-order chi connectivity index (χ1) is 12.7. The summed E-state index contributed by atoms with van der Waals surface area (Å²) in [4.78, 5) is 12.4. The van der Waals surface area contributed by atoms with Gasteiger partial charge in [-0.15, -0.1) is 0 Å². The van der Waals surface area contributed by atoms with E-state index < -0.39 is 27.8 Å². The van der Waals surface area contributed by atoms with Gasteiger partial charge in [-0.25, -0.2) is 12.8 Å². The molecule has 0 heterocycles. The van der Waals surface area contributed by atoms with Crippen LogP contribution < -0.4 is 14.4 Å². The molecular weight excluding hydrogens is 395 g/mol. The lowest BCUT2D eigenvalue weighted by atomic mass is 10.2. The Hall–Kier alpha value is -2.32. The van der Waals surface area contributed by atoms with E-state index in [9.17, 15) is 17.6 Å². The van der Waals surface area contributed by atoms with Crippen molar-refractivity contribution < 1.29 is 22.3 Å². The maximum atomic E-state index is 13.1. The minimum Gasteiger partial charge on any atom is -0.490 e. The molecule has 0 fully saturated rings. The second-order valence-corrected chi connectivity index (χ2v) is 8.05. The molecular formula is C18H20ClFN2O4S. The maximum Gasteiger partial charge on any atom is 0.243 e. The molecule has 0 aromatic heterocycles. The van der Waals surface area contributed by atoms with E-state index in [1.807, 2.05) is 0 Å². The molecule has 0 bridgehead atoms. The Kier molecular flexibility index (Phi) is 7.04. The van der Waals surface area contributed by atoms with Gasteiger partial charge in [0.1, 0.15) is 24.2 Å². The Morgan fingerprint density at radius 1 is 1.22 bits per heavy atom. The number of hydrogen-bond acceptors (Lipinski definition) is 4. The van der Waals surface area contributed by atoms with Crippen molar-refractivity contribution in [3.8, 4) is 5.75 Å². The summed E-state index contributed by atoms with van der Waals surface area (Å²) in [5.74, 6) is -0.515. The lowest BCUT2D eigenvalue weighted by Crippen LogP contribution is -2.48. The number of carbonyl (C=O) groups is 1. The first-order valence-electron chi connectivity index (χ1n) is 8.10. The Labute approximate surface area is 162 Å². The Bertz CT molecular complexity index is 890. The third kappa shape index (κ3) is 5.83. The van der Waals surface area contributed by atoms with Crippen LogP contribution in [0, 0.1) is 5.82 Å². The number of rotatable bonds is 8. The van der Waals surface area contributed by atoms with Gasteiger partial charge < -0.3 is 10.1 Å². The number of ether oxygens (including phenoxy) is 1. The molecule has 0 aliphatic rings. The van der Waals surface area contributed by atoms with E-state index in [1.165, 1.54) is 19.1 Å². The van der Waals surface area contributed by atoms with Crippen LogP contribution in [0.25, 0.3) is 0 Å². The maximum absolute atomic E-state index is 13.1. The average molecular weight is 415 g/mol. The quantitative estimate of drug-likeness (QED) is 0.674. The van der Waals surface area contributed by atoms with Crippen LogP contribution in [0.4, 0.5) is 10.1 Å². The van der Waals surface area contributed by atoms with Crippen molar-refractivity contribution in [2.75, 3.05) is 23.7 Å².